The molecule has 1 N–H and O–H groups in total. The molecule has 0 unspecified atom stereocenters. The van der Waals surface area contributed by atoms with Crippen LogP contribution in [0.4, 0.5) is 5.13 Å². The minimum absolute atomic E-state index is 0.272. The van der Waals surface area contributed by atoms with Gasteiger partial charge in [-0.1, -0.05) is 53.5 Å². The number of rotatable bonds is 5. The number of methoxy groups -OCH3 is 1. The molecule has 2 heterocycles. The monoisotopic (exact) mass is 505 g/mol. The second-order valence-electron chi connectivity index (χ2n) is 7.42. The zero-order chi connectivity index (χ0) is 23.7. The number of para-hydroxylation sites is 1. The first-order chi connectivity index (χ1) is 16.5. The van der Waals surface area contributed by atoms with E-state index in [9.17, 15) is 4.79 Å². The van der Waals surface area contributed by atoms with E-state index >= 15 is 0 Å². The van der Waals surface area contributed by atoms with Gasteiger partial charge in [0.05, 0.1) is 34.6 Å². The standard InChI is InChI=1S/C26H17Cl2N3O2S/c1-33-17-6-4-5-15(11-17)23-13-20(18-7-2-3-8-22(18)29-23)25(32)31-26-30-24(14-34-26)19-10-9-16(27)12-21(19)28/h2-14H,1H3,(H,30,31,32). The third-order valence-electron chi connectivity index (χ3n) is 5.26. The first kappa shape index (κ1) is 22.3. The summed E-state index contributed by atoms with van der Waals surface area (Å²) in [5.74, 6) is 0.445. The van der Waals surface area contributed by atoms with Crippen LogP contribution in [0.5, 0.6) is 5.75 Å². The predicted octanol–water partition coefficient (Wildman–Crippen LogP) is 7.59. The highest BCUT2D eigenvalue weighted by atomic mass is 35.5. The average Bonchev–Trinajstić information content (AvgIpc) is 3.31. The van der Waals surface area contributed by atoms with Crippen molar-refractivity contribution < 1.29 is 9.53 Å². The highest BCUT2D eigenvalue weighted by molar-refractivity contribution is 7.14. The molecule has 0 bridgehead atoms. The van der Waals surface area contributed by atoms with Gasteiger partial charge in [-0.3, -0.25) is 10.1 Å². The van der Waals surface area contributed by atoms with Crippen molar-refractivity contribution >= 4 is 56.5 Å². The number of hydrogen-bond acceptors (Lipinski definition) is 5. The Morgan fingerprint density at radius 2 is 1.79 bits per heavy atom. The molecular formula is C26H17Cl2N3O2S. The first-order valence-electron chi connectivity index (χ1n) is 10.3. The summed E-state index contributed by atoms with van der Waals surface area (Å²) < 4.78 is 5.34. The maximum atomic E-state index is 13.4. The maximum absolute atomic E-state index is 13.4. The summed E-state index contributed by atoms with van der Waals surface area (Å²) in [6.45, 7) is 0. The molecule has 168 valence electrons. The van der Waals surface area contributed by atoms with E-state index < -0.39 is 0 Å². The van der Waals surface area contributed by atoms with E-state index in [0.717, 1.165) is 27.8 Å². The van der Waals surface area contributed by atoms with Gasteiger partial charge in [-0.15, -0.1) is 11.3 Å². The molecule has 5 nitrogen and oxygen atoms in total. The Labute approximate surface area is 210 Å². The number of carbonyl (C=O) groups is 1. The fraction of sp³-hybridized carbons (Fsp3) is 0.0385. The summed E-state index contributed by atoms with van der Waals surface area (Å²) in [5, 5.41) is 7.03. The number of halogens is 2. The van der Waals surface area contributed by atoms with Crippen molar-refractivity contribution in [1.82, 2.24) is 9.97 Å². The molecule has 3 aromatic carbocycles. The summed E-state index contributed by atoms with van der Waals surface area (Å²) in [7, 11) is 1.62. The summed E-state index contributed by atoms with van der Waals surface area (Å²) in [5.41, 5.74) is 4.17. The minimum Gasteiger partial charge on any atom is -0.497 e. The van der Waals surface area contributed by atoms with Crippen LogP contribution in [0.2, 0.25) is 10.0 Å². The molecule has 0 spiro atoms. The van der Waals surface area contributed by atoms with Gasteiger partial charge in [0.15, 0.2) is 5.13 Å². The second-order valence-corrected chi connectivity index (χ2v) is 9.12. The molecule has 1 amide bonds. The SMILES string of the molecule is COc1cccc(-c2cc(C(=O)Nc3nc(-c4ccc(Cl)cc4Cl)cs3)c3ccccc3n2)c1. The van der Waals surface area contributed by atoms with Crippen LogP contribution in [-0.4, -0.2) is 23.0 Å². The molecule has 34 heavy (non-hydrogen) atoms. The normalized spacial score (nSPS) is 10.9. The largest absolute Gasteiger partial charge is 0.497 e. The van der Waals surface area contributed by atoms with Gasteiger partial charge >= 0.3 is 0 Å². The number of ether oxygens (including phenoxy) is 1. The predicted molar refractivity (Wildman–Crippen MR) is 139 cm³/mol. The van der Waals surface area contributed by atoms with Crippen LogP contribution in [0.1, 0.15) is 10.4 Å². The van der Waals surface area contributed by atoms with Gasteiger partial charge in [0, 0.05) is 26.9 Å². The van der Waals surface area contributed by atoms with Gasteiger partial charge in [0.1, 0.15) is 5.75 Å². The van der Waals surface area contributed by atoms with Crippen LogP contribution in [0.3, 0.4) is 0 Å². The maximum Gasteiger partial charge on any atom is 0.258 e. The van der Waals surface area contributed by atoms with Gasteiger partial charge in [-0.25, -0.2) is 9.97 Å². The highest BCUT2D eigenvalue weighted by Gasteiger charge is 2.17. The Kier molecular flexibility index (Phi) is 6.20. The average molecular weight is 506 g/mol. The smallest absolute Gasteiger partial charge is 0.258 e. The van der Waals surface area contributed by atoms with Crippen molar-refractivity contribution in [1.29, 1.82) is 0 Å². The fourth-order valence-electron chi connectivity index (χ4n) is 3.61. The van der Waals surface area contributed by atoms with E-state index in [1.54, 1.807) is 25.3 Å². The molecule has 5 aromatic rings. The van der Waals surface area contributed by atoms with Crippen LogP contribution >= 0.6 is 34.5 Å². The van der Waals surface area contributed by atoms with Gasteiger partial charge in [0.2, 0.25) is 0 Å². The molecule has 0 atom stereocenters. The Bertz CT molecular complexity index is 1530. The van der Waals surface area contributed by atoms with Crippen molar-refractivity contribution in [3.05, 3.63) is 93.8 Å². The third-order valence-corrected chi connectivity index (χ3v) is 6.56. The van der Waals surface area contributed by atoms with E-state index in [1.165, 1.54) is 11.3 Å². The summed E-state index contributed by atoms with van der Waals surface area (Å²) in [6, 6.07) is 22.2. The number of benzene rings is 3. The van der Waals surface area contributed by atoms with Crippen molar-refractivity contribution in [3.63, 3.8) is 0 Å². The molecular weight excluding hydrogens is 489 g/mol. The lowest BCUT2D eigenvalue weighted by Gasteiger charge is -2.10. The third kappa shape index (κ3) is 4.48. The molecule has 0 saturated carbocycles. The van der Waals surface area contributed by atoms with E-state index in [2.05, 4.69) is 10.3 Å². The van der Waals surface area contributed by atoms with E-state index in [1.807, 2.05) is 60.0 Å². The highest BCUT2D eigenvalue weighted by Crippen LogP contribution is 2.33. The number of amides is 1. The second kappa shape index (κ2) is 9.43. The van der Waals surface area contributed by atoms with E-state index in [4.69, 9.17) is 32.9 Å². The molecule has 2 aromatic heterocycles. The number of nitrogens with zero attached hydrogens (tertiary/aromatic N) is 2. The van der Waals surface area contributed by atoms with Gasteiger partial charge in [-0.2, -0.15) is 0 Å². The van der Waals surface area contributed by atoms with E-state index in [-0.39, 0.29) is 5.91 Å². The number of anilines is 1. The zero-order valence-corrected chi connectivity index (χ0v) is 20.2. The van der Waals surface area contributed by atoms with Gasteiger partial charge < -0.3 is 4.74 Å². The van der Waals surface area contributed by atoms with Crippen molar-refractivity contribution in [2.24, 2.45) is 0 Å². The Balaban J connectivity index is 1.50. The van der Waals surface area contributed by atoms with Crippen LogP contribution in [0, 0.1) is 0 Å². The number of thiazole rings is 1. The van der Waals surface area contributed by atoms with Crippen molar-refractivity contribution in [3.8, 4) is 28.3 Å². The first-order valence-corrected chi connectivity index (χ1v) is 11.9. The molecule has 8 heteroatoms. The minimum atomic E-state index is -0.272. The summed E-state index contributed by atoms with van der Waals surface area (Å²) >= 11 is 13.6. The molecule has 0 aliphatic rings. The molecule has 5 rings (SSSR count). The topological polar surface area (TPSA) is 64.1 Å². The van der Waals surface area contributed by atoms with Crippen LogP contribution in [0.15, 0.2) is 78.2 Å². The van der Waals surface area contributed by atoms with Crippen molar-refractivity contribution in [2.75, 3.05) is 12.4 Å². The van der Waals surface area contributed by atoms with Crippen LogP contribution in [0.25, 0.3) is 33.4 Å². The van der Waals surface area contributed by atoms with Gasteiger partial charge in [-0.05, 0) is 42.5 Å². The Morgan fingerprint density at radius 1 is 0.941 bits per heavy atom. The number of nitrogens with one attached hydrogen (secondary N) is 1. The number of fused-ring (bicyclic) bond motifs is 1. The quantitative estimate of drug-likeness (QED) is 0.267. The lowest BCUT2D eigenvalue weighted by atomic mass is 10.0. The number of pyridine rings is 1. The lowest BCUT2D eigenvalue weighted by molar-refractivity contribution is 0.102. The lowest BCUT2D eigenvalue weighted by Crippen LogP contribution is -2.13. The van der Waals surface area contributed by atoms with Gasteiger partial charge in [0.25, 0.3) is 5.91 Å². The molecule has 0 fully saturated rings. The number of aromatic nitrogens is 2. The van der Waals surface area contributed by atoms with Crippen LogP contribution in [-0.2, 0) is 0 Å². The number of carbonyl (C=O) groups excluding carboxylic acids is 1. The Hall–Kier alpha value is -3.45. The molecule has 0 aliphatic heterocycles. The number of hydrogen-bond donors (Lipinski definition) is 1. The summed E-state index contributed by atoms with van der Waals surface area (Å²) in [6.07, 6.45) is 0. The summed E-state index contributed by atoms with van der Waals surface area (Å²) in [4.78, 5) is 22.7. The molecule has 0 radical (unpaired) electrons. The van der Waals surface area contributed by atoms with Crippen molar-refractivity contribution in [2.45, 2.75) is 0 Å². The molecule has 0 aliphatic carbocycles. The van der Waals surface area contributed by atoms with Crippen LogP contribution < -0.4 is 10.1 Å². The Morgan fingerprint density at radius 3 is 2.62 bits per heavy atom. The zero-order valence-electron chi connectivity index (χ0n) is 17.9. The molecule has 0 saturated heterocycles. The fourth-order valence-corrected chi connectivity index (χ4v) is 4.82. The van der Waals surface area contributed by atoms with E-state index in [0.29, 0.717) is 32.1 Å².